The van der Waals surface area contributed by atoms with Crippen molar-refractivity contribution < 1.29 is 4.74 Å². The van der Waals surface area contributed by atoms with Crippen molar-refractivity contribution in [2.24, 2.45) is 7.05 Å². The summed E-state index contributed by atoms with van der Waals surface area (Å²) in [5.41, 5.74) is 2.67. The summed E-state index contributed by atoms with van der Waals surface area (Å²) in [6, 6.07) is 12.0. The summed E-state index contributed by atoms with van der Waals surface area (Å²) < 4.78 is 7.46. The van der Waals surface area contributed by atoms with E-state index in [-0.39, 0.29) is 0 Å². The Hall–Kier alpha value is -2.36. The first-order valence-electron chi connectivity index (χ1n) is 6.30. The highest BCUT2D eigenvalue weighted by atomic mass is 16.5. The first-order valence-corrected chi connectivity index (χ1v) is 6.30. The quantitative estimate of drug-likeness (QED) is 0.720. The van der Waals surface area contributed by atoms with Gasteiger partial charge in [0.05, 0.1) is 17.7 Å². The molecule has 0 bridgehead atoms. The summed E-state index contributed by atoms with van der Waals surface area (Å²) in [6.07, 6.45) is 1.93. The van der Waals surface area contributed by atoms with Crippen LogP contribution in [0.15, 0.2) is 42.6 Å². The Morgan fingerprint density at radius 3 is 2.74 bits per heavy atom. The molecule has 0 unspecified atom stereocenters. The monoisotopic (exact) mass is 253 g/mol. The molecule has 0 aliphatic rings. The molecule has 4 heteroatoms. The summed E-state index contributed by atoms with van der Waals surface area (Å²) >= 11 is 0. The summed E-state index contributed by atoms with van der Waals surface area (Å²) in [6.45, 7) is 2.60. The SMILES string of the molecule is CCOc1cc(-c2ccccc2)nc2nn(C)cc12. The molecule has 2 heterocycles. The van der Waals surface area contributed by atoms with Gasteiger partial charge in [-0.3, -0.25) is 4.68 Å². The topological polar surface area (TPSA) is 39.9 Å². The number of fused-ring (bicyclic) bond motifs is 1. The highest BCUT2D eigenvalue weighted by molar-refractivity contribution is 5.84. The van der Waals surface area contributed by atoms with Crippen LogP contribution in [0.25, 0.3) is 22.3 Å². The maximum Gasteiger partial charge on any atom is 0.185 e. The summed E-state index contributed by atoms with van der Waals surface area (Å²) in [7, 11) is 1.89. The Kier molecular flexibility index (Phi) is 2.91. The van der Waals surface area contributed by atoms with Crippen LogP contribution in [0.5, 0.6) is 5.75 Å². The lowest BCUT2D eigenvalue weighted by Crippen LogP contribution is -1.94. The zero-order valence-electron chi connectivity index (χ0n) is 11.0. The molecular weight excluding hydrogens is 238 g/mol. The molecule has 0 amide bonds. The number of nitrogens with zero attached hydrogens (tertiary/aromatic N) is 3. The molecule has 0 atom stereocenters. The maximum absolute atomic E-state index is 5.70. The van der Waals surface area contributed by atoms with Crippen molar-refractivity contribution >= 4 is 11.0 Å². The number of rotatable bonds is 3. The normalized spacial score (nSPS) is 10.8. The van der Waals surface area contributed by atoms with Gasteiger partial charge in [0.1, 0.15) is 5.75 Å². The van der Waals surface area contributed by atoms with Gasteiger partial charge in [-0.25, -0.2) is 4.98 Å². The minimum atomic E-state index is 0.627. The number of aromatic nitrogens is 3. The first kappa shape index (κ1) is 11.7. The van der Waals surface area contributed by atoms with Crippen molar-refractivity contribution in [1.82, 2.24) is 14.8 Å². The van der Waals surface area contributed by atoms with Gasteiger partial charge in [0, 0.05) is 24.9 Å². The van der Waals surface area contributed by atoms with Gasteiger partial charge in [0.2, 0.25) is 0 Å². The minimum absolute atomic E-state index is 0.627. The average molecular weight is 253 g/mol. The van der Waals surface area contributed by atoms with E-state index in [1.54, 1.807) is 4.68 Å². The fourth-order valence-electron chi connectivity index (χ4n) is 2.11. The van der Waals surface area contributed by atoms with Gasteiger partial charge in [-0.15, -0.1) is 0 Å². The Morgan fingerprint density at radius 1 is 1.21 bits per heavy atom. The third-order valence-corrected chi connectivity index (χ3v) is 2.94. The van der Waals surface area contributed by atoms with Crippen LogP contribution in [0.2, 0.25) is 0 Å². The van der Waals surface area contributed by atoms with E-state index in [9.17, 15) is 0 Å². The van der Waals surface area contributed by atoms with E-state index in [2.05, 4.69) is 10.1 Å². The number of aryl methyl sites for hydroxylation is 1. The van der Waals surface area contributed by atoms with E-state index in [1.807, 2.05) is 56.6 Å². The van der Waals surface area contributed by atoms with Gasteiger partial charge in [-0.1, -0.05) is 30.3 Å². The van der Waals surface area contributed by atoms with Crippen molar-refractivity contribution in [1.29, 1.82) is 0 Å². The molecule has 0 N–H and O–H groups in total. The molecule has 1 aromatic carbocycles. The van der Waals surface area contributed by atoms with Gasteiger partial charge in [0.25, 0.3) is 0 Å². The number of hydrogen-bond donors (Lipinski definition) is 0. The summed E-state index contributed by atoms with van der Waals surface area (Å²) in [5, 5.41) is 5.32. The number of ether oxygens (including phenoxy) is 1. The van der Waals surface area contributed by atoms with Crippen molar-refractivity contribution in [2.75, 3.05) is 6.61 Å². The van der Waals surface area contributed by atoms with E-state index in [1.165, 1.54) is 0 Å². The van der Waals surface area contributed by atoms with Crippen LogP contribution < -0.4 is 4.74 Å². The second-order valence-electron chi connectivity index (χ2n) is 4.34. The van der Waals surface area contributed by atoms with Crippen LogP contribution >= 0.6 is 0 Å². The Labute approximate surface area is 111 Å². The molecule has 19 heavy (non-hydrogen) atoms. The third kappa shape index (κ3) is 2.17. The van der Waals surface area contributed by atoms with Gasteiger partial charge >= 0.3 is 0 Å². The molecule has 0 aliphatic heterocycles. The van der Waals surface area contributed by atoms with E-state index < -0.39 is 0 Å². The van der Waals surface area contributed by atoms with E-state index in [4.69, 9.17) is 4.74 Å². The molecule has 0 aliphatic carbocycles. The molecule has 3 rings (SSSR count). The lowest BCUT2D eigenvalue weighted by atomic mass is 10.1. The minimum Gasteiger partial charge on any atom is -0.493 e. The molecule has 4 nitrogen and oxygen atoms in total. The third-order valence-electron chi connectivity index (χ3n) is 2.94. The molecule has 0 fully saturated rings. The van der Waals surface area contributed by atoms with Crippen LogP contribution in [0.4, 0.5) is 0 Å². The molecule has 0 spiro atoms. The standard InChI is InChI=1S/C15H15N3O/c1-3-19-14-9-13(11-7-5-4-6-8-11)16-15-12(14)10-18(2)17-15/h4-10H,3H2,1-2H3. The van der Waals surface area contributed by atoms with Crippen molar-refractivity contribution in [3.05, 3.63) is 42.6 Å². The highest BCUT2D eigenvalue weighted by Gasteiger charge is 2.11. The predicted molar refractivity (Wildman–Crippen MR) is 75.1 cm³/mol. The molecule has 2 aromatic heterocycles. The molecule has 0 saturated heterocycles. The first-order chi connectivity index (χ1) is 9.28. The number of pyridine rings is 1. The Balaban J connectivity index is 2.21. The van der Waals surface area contributed by atoms with E-state index in [0.29, 0.717) is 12.3 Å². The van der Waals surface area contributed by atoms with Crippen molar-refractivity contribution in [3.8, 4) is 17.0 Å². The number of benzene rings is 1. The van der Waals surface area contributed by atoms with Crippen LogP contribution in [-0.2, 0) is 7.05 Å². The molecule has 0 radical (unpaired) electrons. The largest absolute Gasteiger partial charge is 0.493 e. The molecule has 3 aromatic rings. The van der Waals surface area contributed by atoms with Crippen molar-refractivity contribution in [2.45, 2.75) is 6.92 Å². The predicted octanol–water partition coefficient (Wildman–Crippen LogP) is 3.03. The van der Waals surface area contributed by atoms with E-state index >= 15 is 0 Å². The highest BCUT2D eigenvalue weighted by Crippen LogP contribution is 2.29. The van der Waals surface area contributed by atoms with Gasteiger partial charge in [-0.05, 0) is 6.92 Å². The van der Waals surface area contributed by atoms with E-state index in [0.717, 1.165) is 22.4 Å². The average Bonchev–Trinajstić information content (AvgIpc) is 2.80. The van der Waals surface area contributed by atoms with Gasteiger partial charge in [-0.2, -0.15) is 5.10 Å². The Morgan fingerprint density at radius 2 is 2.00 bits per heavy atom. The van der Waals surface area contributed by atoms with Gasteiger partial charge in [0.15, 0.2) is 5.65 Å². The lowest BCUT2D eigenvalue weighted by molar-refractivity contribution is 0.344. The smallest absolute Gasteiger partial charge is 0.185 e. The summed E-state index contributed by atoms with van der Waals surface area (Å²) in [4.78, 5) is 4.60. The van der Waals surface area contributed by atoms with Crippen LogP contribution in [0.3, 0.4) is 0 Å². The zero-order chi connectivity index (χ0) is 13.2. The second-order valence-corrected chi connectivity index (χ2v) is 4.34. The van der Waals surface area contributed by atoms with Crippen LogP contribution in [0, 0.1) is 0 Å². The van der Waals surface area contributed by atoms with Crippen LogP contribution in [0.1, 0.15) is 6.92 Å². The Bertz CT molecular complexity index is 704. The number of hydrogen-bond acceptors (Lipinski definition) is 3. The molecular formula is C15H15N3O. The molecule has 96 valence electrons. The second kappa shape index (κ2) is 4.72. The lowest BCUT2D eigenvalue weighted by Gasteiger charge is -2.07. The van der Waals surface area contributed by atoms with Gasteiger partial charge < -0.3 is 4.74 Å². The van der Waals surface area contributed by atoms with Crippen LogP contribution in [-0.4, -0.2) is 21.4 Å². The zero-order valence-corrected chi connectivity index (χ0v) is 11.0. The van der Waals surface area contributed by atoms with Crippen molar-refractivity contribution in [3.63, 3.8) is 0 Å². The summed E-state index contributed by atoms with van der Waals surface area (Å²) in [5.74, 6) is 0.833. The fraction of sp³-hybridized carbons (Fsp3) is 0.200. The fourth-order valence-corrected chi connectivity index (χ4v) is 2.11. The molecule has 0 saturated carbocycles. The maximum atomic E-state index is 5.70.